The van der Waals surface area contributed by atoms with Crippen LogP contribution in [0.5, 0.6) is 0 Å². The lowest BCUT2D eigenvalue weighted by molar-refractivity contribution is 0.922. The van der Waals surface area contributed by atoms with Gasteiger partial charge in [0.1, 0.15) is 4.99 Å². The number of halogens is 1. The molecule has 0 unspecified atom stereocenters. The highest BCUT2D eigenvalue weighted by Crippen LogP contribution is 2.22. The van der Waals surface area contributed by atoms with E-state index in [0.29, 0.717) is 4.99 Å². The molecule has 104 valence electrons. The van der Waals surface area contributed by atoms with Gasteiger partial charge in [-0.25, -0.2) is 0 Å². The maximum Gasteiger partial charge on any atom is 0.104 e. The van der Waals surface area contributed by atoms with E-state index in [0.717, 1.165) is 33.9 Å². The molecule has 0 aromatic heterocycles. The van der Waals surface area contributed by atoms with Crippen LogP contribution >= 0.6 is 23.8 Å². The molecule has 0 radical (unpaired) electrons. The number of hydrogen-bond donors (Lipinski definition) is 1. The minimum atomic E-state index is 0.411. The number of benzene rings is 2. The molecule has 0 aliphatic rings. The first-order valence-corrected chi connectivity index (χ1v) is 7.12. The van der Waals surface area contributed by atoms with Crippen LogP contribution < -0.4 is 10.6 Å². The van der Waals surface area contributed by atoms with E-state index >= 15 is 0 Å². The number of hydrogen-bond acceptors (Lipinski definition) is 2. The van der Waals surface area contributed by atoms with Gasteiger partial charge in [0.2, 0.25) is 0 Å². The molecule has 0 aliphatic heterocycles. The van der Waals surface area contributed by atoms with Crippen molar-refractivity contribution in [1.82, 2.24) is 0 Å². The molecular formula is C16H17ClN2S. The molecule has 0 amide bonds. The lowest BCUT2D eigenvalue weighted by Crippen LogP contribution is -2.18. The summed E-state index contributed by atoms with van der Waals surface area (Å²) >= 11 is 11.3. The summed E-state index contributed by atoms with van der Waals surface area (Å²) in [5, 5.41) is 0.794. The summed E-state index contributed by atoms with van der Waals surface area (Å²) in [6.07, 6.45) is 0. The smallest absolute Gasteiger partial charge is 0.104 e. The molecule has 0 aliphatic carbocycles. The van der Waals surface area contributed by atoms with E-state index in [1.165, 1.54) is 0 Å². The van der Waals surface area contributed by atoms with Gasteiger partial charge in [-0.05, 0) is 36.2 Å². The minimum absolute atomic E-state index is 0.411. The molecule has 0 spiro atoms. The molecule has 0 bridgehead atoms. The Morgan fingerprint density at radius 1 is 1.25 bits per heavy atom. The van der Waals surface area contributed by atoms with Crippen molar-refractivity contribution in [2.45, 2.75) is 13.5 Å². The SMILES string of the molecule is Cc1ccc(CN(C)c2cccc(C(N)=S)c2)c(Cl)c1. The third-order valence-corrected chi connectivity index (χ3v) is 3.78. The van der Waals surface area contributed by atoms with Crippen LogP contribution in [-0.4, -0.2) is 12.0 Å². The summed E-state index contributed by atoms with van der Waals surface area (Å²) in [5.74, 6) is 0. The zero-order valence-corrected chi connectivity index (χ0v) is 13.1. The zero-order valence-electron chi connectivity index (χ0n) is 11.6. The van der Waals surface area contributed by atoms with Crippen LogP contribution in [0.15, 0.2) is 42.5 Å². The average Bonchev–Trinajstić information content (AvgIpc) is 2.42. The second-order valence-electron chi connectivity index (χ2n) is 4.87. The number of anilines is 1. The van der Waals surface area contributed by atoms with E-state index in [2.05, 4.69) is 17.0 Å². The van der Waals surface area contributed by atoms with Crippen LogP contribution in [0.25, 0.3) is 0 Å². The Morgan fingerprint density at radius 2 is 2.00 bits per heavy atom. The largest absolute Gasteiger partial charge is 0.389 e. The molecule has 0 saturated carbocycles. The van der Waals surface area contributed by atoms with Crippen LogP contribution in [0.4, 0.5) is 5.69 Å². The molecule has 0 fully saturated rings. The fraction of sp³-hybridized carbons (Fsp3) is 0.188. The van der Waals surface area contributed by atoms with E-state index in [4.69, 9.17) is 29.6 Å². The molecule has 2 aromatic carbocycles. The number of aryl methyl sites for hydroxylation is 1. The van der Waals surface area contributed by atoms with Crippen molar-refractivity contribution in [3.8, 4) is 0 Å². The highest BCUT2D eigenvalue weighted by Gasteiger charge is 2.07. The second kappa shape index (κ2) is 6.25. The van der Waals surface area contributed by atoms with Crippen LogP contribution in [-0.2, 0) is 6.54 Å². The molecule has 2 N–H and O–H groups in total. The second-order valence-corrected chi connectivity index (χ2v) is 5.71. The minimum Gasteiger partial charge on any atom is -0.389 e. The molecule has 2 rings (SSSR count). The molecule has 0 heterocycles. The van der Waals surface area contributed by atoms with E-state index in [-0.39, 0.29) is 0 Å². The van der Waals surface area contributed by atoms with Crippen LogP contribution in [0.3, 0.4) is 0 Å². The van der Waals surface area contributed by atoms with Gasteiger partial charge in [0.05, 0.1) is 0 Å². The Morgan fingerprint density at radius 3 is 2.65 bits per heavy atom. The molecule has 0 atom stereocenters. The fourth-order valence-corrected chi connectivity index (χ4v) is 2.45. The van der Waals surface area contributed by atoms with Gasteiger partial charge in [0, 0.05) is 29.9 Å². The monoisotopic (exact) mass is 304 g/mol. The van der Waals surface area contributed by atoms with E-state index < -0.39 is 0 Å². The van der Waals surface area contributed by atoms with Gasteiger partial charge in [-0.1, -0.05) is 48.1 Å². The lowest BCUT2D eigenvalue weighted by atomic mass is 10.1. The van der Waals surface area contributed by atoms with Crippen molar-refractivity contribution < 1.29 is 0 Å². The number of thiocarbonyl (C=S) groups is 1. The quantitative estimate of drug-likeness (QED) is 0.868. The molecule has 4 heteroatoms. The summed E-state index contributed by atoms with van der Waals surface area (Å²) in [6.45, 7) is 2.77. The summed E-state index contributed by atoms with van der Waals surface area (Å²) in [7, 11) is 2.02. The summed E-state index contributed by atoms with van der Waals surface area (Å²) in [5.41, 5.74) is 9.87. The fourth-order valence-electron chi connectivity index (χ4n) is 2.02. The first kappa shape index (κ1) is 14.8. The van der Waals surface area contributed by atoms with Crippen molar-refractivity contribution in [2.75, 3.05) is 11.9 Å². The molecule has 2 nitrogen and oxygen atoms in total. The van der Waals surface area contributed by atoms with Crippen molar-refractivity contribution in [1.29, 1.82) is 0 Å². The van der Waals surface area contributed by atoms with Gasteiger partial charge in [-0.2, -0.15) is 0 Å². The first-order chi connectivity index (χ1) is 9.47. The topological polar surface area (TPSA) is 29.3 Å². The van der Waals surface area contributed by atoms with Crippen molar-refractivity contribution in [2.24, 2.45) is 5.73 Å². The molecule has 2 aromatic rings. The standard InChI is InChI=1S/C16H17ClN2S/c1-11-6-7-13(15(17)8-11)10-19(2)14-5-3-4-12(9-14)16(18)20/h3-9H,10H2,1-2H3,(H2,18,20). The zero-order chi connectivity index (χ0) is 14.7. The summed E-state index contributed by atoms with van der Waals surface area (Å²) in [6, 6.07) is 14.0. The predicted molar refractivity (Wildman–Crippen MR) is 90.6 cm³/mol. The van der Waals surface area contributed by atoms with Gasteiger partial charge in [0.15, 0.2) is 0 Å². The Hall–Kier alpha value is -1.58. The highest BCUT2D eigenvalue weighted by molar-refractivity contribution is 7.80. The highest BCUT2D eigenvalue weighted by atomic mass is 35.5. The normalized spacial score (nSPS) is 10.3. The molecular weight excluding hydrogens is 288 g/mol. The van der Waals surface area contributed by atoms with Gasteiger partial charge in [0.25, 0.3) is 0 Å². The lowest BCUT2D eigenvalue weighted by Gasteiger charge is -2.21. The Balaban J connectivity index is 2.21. The van der Waals surface area contributed by atoms with Crippen LogP contribution in [0.1, 0.15) is 16.7 Å². The summed E-state index contributed by atoms with van der Waals surface area (Å²) < 4.78 is 0. The van der Waals surface area contributed by atoms with Gasteiger partial charge in [-0.3, -0.25) is 0 Å². The Bertz CT molecular complexity index is 640. The van der Waals surface area contributed by atoms with Gasteiger partial charge < -0.3 is 10.6 Å². The van der Waals surface area contributed by atoms with Gasteiger partial charge in [-0.15, -0.1) is 0 Å². The third kappa shape index (κ3) is 3.50. The Kier molecular flexibility index (Phi) is 4.63. The number of nitrogens with two attached hydrogens (primary N) is 1. The first-order valence-electron chi connectivity index (χ1n) is 6.33. The molecule has 20 heavy (non-hydrogen) atoms. The van der Waals surface area contributed by atoms with Crippen molar-refractivity contribution in [3.05, 3.63) is 64.2 Å². The van der Waals surface area contributed by atoms with E-state index in [9.17, 15) is 0 Å². The maximum atomic E-state index is 6.28. The van der Waals surface area contributed by atoms with E-state index in [1.807, 2.05) is 44.3 Å². The number of rotatable bonds is 4. The third-order valence-electron chi connectivity index (χ3n) is 3.19. The maximum absolute atomic E-state index is 6.28. The summed E-state index contributed by atoms with van der Waals surface area (Å²) in [4.78, 5) is 2.53. The number of nitrogens with zero attached hydrogens (tertiary/aromatic N) is 1. The van der Waals surface area contributed by atoms with Crippen molar-refractivity contribution in [3.63, 3.8) is 0 Å². The van der Waals surface area contributed by atoms with Gasteiger partial charge >= 0.3 is 0 Å². The van der Waals surface area contributed by atoms with E-state index in [1.54, 1.807) is 0 Å². The van der Waals surface area contributed by atoms with Crippen molar-refractivity contribution >= 4 is 34.5 Å². The van der Waals surface area contributed by atoms with Crippen LogP contribution in [0, 0.1) is 6.92 Å². The molecule has 0 saturated heterocycles. The predicted octanol–water partition coefficient (Wildman–Crippen LogP) is 3.92. The van der Waals surface area contributed by atoms with Crippen LogP contribution in [0.2, 0.25) is 5.02 Å². The average molecular weight is 305 g/mol. The Labute approximate surface area is 130 Å².